The minimum atomic E-state index is -4.45. The van der Waals surface area contributed by atoms with Crippen molar-refractivity contribution in [2.24, 2.45) is 0 Å². The molecule has 5 rings (SSSR count). The zero-order valence-electron chi connectivity index (χ0n) is 20.8. The number of aromatic nitrogens is 6. The third kappa shape index (κ3) is 5.76. The summed E-state index contributed by atoms with van der Waals surface area (Å²) < 4.78 is 65.3. The zero-order valence-corrected chi connectivity index (χ0v) is 21.6. The van der Waals surface area contributed by atoms with Crippen LogP contribution < -0.4 is 15.0 Å². The maximum absolute atomic E-state index is 13.5. The summed E-state index contributed by atoms with van der Waals surface area (Å²) in [5, 5.41) is 8.44. The van der Waals surface area contributed by atoms with Gasteiger partial charge in [0.05, 0.1) is 31.3 Å². The van der Waals surface area contributed by atoms with Gasteiger partial charge in [0.15, 0.2) is 16.5 Å². The SMILES string of the molecule is COc1ccc(COc2cnc(-n3c(SCc4ccc(C(F)(F)F)cc4)nn4ncc(CF)c4c3=O)cn2)cc1. The summed E-state index contributed by atoms with van der Waals surface area (Å²) in [6.45, 7) is -0.711. The lowest BCUT2D eigenvalue weighted by Gasteiger charge is -2.12. The Bertz CT molecular complexity index is 1670. The van der Waals surface area contributed by atoms with Gasteiger partial charge in [0.2, 0.25) is 5.88 Å². The number of halogens is 4. The minimum absolute atomic E-state index is 0.0537. The number of hydrogen-bond acceptors (Lipinski definition) is 8. The number of methoxy groups -OCH3 is 1. The second-order valence-corrected chi connectivity index (χ2v) is 9.34. The summed E-state index contributed by atoms with van der Waals surface area (Å²) in [7, 11) is 1.57. The van der Waals surface area contributed by atoms with Crippen LogP contribution in [0.15, 0.2) is 77.1 Å². The first-order valence-electron chi connectivity index (χ1n) is 11.7. The second kappa shape index (κ2) is 11.3. The maximum Gasteiger partial charge on any atom is 0.416 e. The Morgan fingerprint density at radius 1 is 0.950 bits per heavy atom. The van der Waals surface area contributed by atoms with E-state index in [2.05, 4.69) is 20.2 Å². The molecule has 0 saturated heterocycles. The number of thioether (sulfide) groups is 1. The molecule has 0 aliphatic carbocycles. The highest BCUT2D eigenvalue weighted by Crippen LogP contribution is 2.30. The van der Waals surface area contributed by atoms with E-state index in [0.717, 1.165) is 38.7 Å². The van der Waals surface area contributed by atoms with Crippen LogP contribution in [0.1, 0.15) is 22.3 Å². The van der Waals surface area contributed by atoms with Gasteiger partial charge in [0.1, 0.15) is 19.0 Å². The number of benzene rings is 2. The predicted octanol–water partition coefficient (Wildman–Crippen LogP) is 5.04. The molecule has 14 heteroatoms. The van der Waals surface area contributed by atoms with Crippen molar-refractivity contribution in [3.05, 3.63) is 99.7 Å². The number of ether oxygens (including phenoxy) is 2. The van der Waals surface area contributed by atoms with E-state index in [-0.39, 0.29) is 40.3 Å². The van der Waals surface area contributed by atoms with Gasteiger partial charge in [-0.3, -0.25) is 4.79 Å². The average molecular weight is 573 g/mol. The Balaban J connectivity index is 1.42. The number of hydrogen-bond donors (Lipinski definition) is 0. The average Bonchev–Trinajstić information content (AvgIpc) is 3.39. The van der Waals surface area contributed by atoms with Crippen LogP contribution in [0.5, 0.6) is 11.6 Å². The molecule has 0 unspecified atom stereocenters. The van der Waals surface area contributed by atoms with Gasteiger partial charge in [0.25, 0.3) is 5.56 Å². The number of nitrogens with zero attached hydrogens (tertiary/aromatic N) is 6. The van der Waals surface area contributed by atoms with Gasteiger partial charge in [-0.25, -0.2) is 18.9 Å². The van der Waals surface area contributed by atoms with Crippen LogP contribution in [-0.2, 0) is 25.2 Å². The monoisotopic (exact) mass is 572 g/mol. The van der Waals surface area contributed by atoms with Gasteiger partial charge in [-0.15, -0.1) is 9.73 Å². The Morgan fingerprint density at radius 2 is 1.68 bits per heavy atom. The molecular weight excluding hydrogens is 552 g/mol. The summed E-state index contributed by atoms with van der Waals surface area (Å²) in [4.78, 5) is 22.0. The molecule has 0 amide bonds. The Labute approximate surface area is 228 Å². The molecule has 0 N–H and O–H groups in total. The molecule has 5 aromatic rings. The lowest BCUT2D eigenvalue weighted by Crippen LogP contribution is -2.26. The molecule has 2 aromatic carbocycles. The lowest BCUT2D eigenvalue weighted by atomic mass is 10.1. The molecule has 0 spiro atoms. The van der Waals surface area contributed by atoms with E-state index in [1.165, 1.54) is 30.7 Å². The predicted molar refractivity (Wildman–Crippen MR) is 137 cm³/mol. The fourth-order valence-electron chi connectivity index (χ4n) is 3.70. The Kier molecular flexibility index (Phi) is 7.69. The molecule has 0 radical (unpaired) electrons. The van der Waals surface area contributed by atoms with Crippen molar-refractivity contribution in [1.82, 2.24) is 29.4 Å². The van der Waals surface area contributed by atoms with Crippen LogP contribution in [0.4, 0.5) is 17.6 Å². The van der Waals surface area contributed by atoms with Crippen molar-refractivity contribution in [2.75, 3.05) is 7.11 Å². The van der Waals surface area contributed by atoms with E-state index in [0.29, 0.717) is 11.3 Å². The first-order chi connectivity index (χ1) is 19.3. The number of alkyl halides is 4. The van der Waals surface area contributed by atoms with Gasteiger partial charge >= 0.3 is 6.18 Å². The number of rotatable bonds is 9. The molecule has 0 saturated carbocycles. The summed E-state index contributed by atoms with van der Waals surface area (Å²) in [5.41, 5.74) is 0.0333. The summed E-state index contributed by atoms with van der Waals surface area (Å²) in [5.74, 6) is 1.20. The maximum atomic E-state index is 13.5. The summed E-state index contributed by atoms with van der Waals surface area (Å²) in [6, 6.07) is 11.9. The zero-order chi connectivity index (χ0) is 28.3. The van der Waals surface area contributed by atoms with E-state index in [1.54, 1.807) is 19.2 Å². The molecule has 3 aromatic heterocycles. The highest BCUT2D eigenvalue weighted by Gasteiger charge is 2.30. The van der Waals surface area contributed by atoms with Gasteiger partial charge in [-0.05, 0) is 35.4 Å². The molecule has 9 nitrogen and oxygen atoms in total. The van der Waals surface area contributed by atoms with Crippen molar-refractivity contribution in [3.8, 4) is 17.4 Å². The Morgan fingerprint density at radius 3 is 2.30 bits per heavy atom. The summed E-state index contributed by atoms with van der Waals surface area (Å²) in [6.07, 6.45) is -0.584. The largest absolute Gasteiger partial charge is 0.497 e. The molecule has 206 valence electrons. The van der Waals surface area contributed by atoms with Gasteiger partial charge in [-0.1, -0.05) is 36.0 Å². The fraction of sp³-hybridized carbons (Fsp3) is 0.192. The van der Waals surface area contributed by atoms with Crippen LogP contribution in [0.25, 0.3) is 11.3 Å². The van der Waals surface area contributed by atoms with Crippen molar-refractivity contribution >= 4 is 17.3 Å². The molecule has 40 heavy (non-hydrogen) atoms. The quantitative estimate of drug-likeness (QED) is 0.179. The smallest absolute Gasteiger partial charge is 0.416 e. The molecule has 0 aliphatic heterocycles. The Hall–Kier alpha value is -4.46. The number of fused-ring (bicyclic) bond motifs is 1. The van der Waals surface area contributed by atoms with Crippen LogP contribution in [-0.4, -0.2) is 36.5 Å². The fourth-order valence-corrected chi connectivity index (χ4v) is 4.63. The van der Waals surface area contributed by atoms with Crippen LogP contribution >= 0.6 is 11.8 Å². The highest BCUT2D eigenvalue weighted by atomic mass is 32.2. The van der Waals surface area contributed by atoms with Gasteiger partial charge in [0, 0.05) is 11.3 Å². The van der Waals surface area contributed by atoms with E-state index in [9.17, 15) is 22.4 Å². The minimum Gasteiger partial charge on any atom is -0.497 e. The third-order valence-electron chi connectivity index (χ3n) is 5.79. The van der Waals surface area contributed by atoms with Gasteiger partial charge in [-0.2, -0.15) is 18.3 Å². The highest BCUT2D eigenvalue weighted by molar-refractivity contribution is 7.98. The van der Waals surface area contributed by atoms with Crippen molar-refractivity contribution < 1.29 is 27.0 Å². The summed E-state index contributed by atoms with van der Waals surface area (Å²) >= 11 is 1.08. The van der Waals surface area contributed by atoms with Crippen LogP contribution in [0.2, 0.25) is 0 Å². The molecular formula is C26H20F4N6O3S. The van der Waals surface area contributed by atoms with Gasteiger partial charge < -0.3 is 9.47 Å². The van der Waals surface area contributed by atoms with Crippen molar-refractivity contribution in [1.29, 1.82) is 0 Å². The molecule has 0 aliphatic rings. The molecule has 0 bridgehead atoms. The van der Waals surface area contributed by atoms with Crippen molar-refractivity contribution in [3.63, 3.8) is 0 Å². The molecule has 0 fully saturated rings. The standard InChI is InChI=1S/C26H20F4N6O3S/c1-38-20-8-4-16(5-9-20)14-39-22-13-31-21(12-32-22)35-24(37)23-18(10-27)11-33-36(23)34-25(35)40-15-17-2-6-19(7-3-17)26(28,29)30/h2-9,11-13H,10,14-15H2,1H3. The van der Waals surface area contributed by atoms with E-state index < -0.39 is 24.0 Å². The van der Waals surface area contributed by atoms with E-state index >= 15 is 0 Å². The third-order valence-corrected chi connectivity index (χ3v) is 6.79. The lowest BCUT2D eigenvalue weighted by molar-refractivity contribution is -0.137. The first-order valence-corrected chi connectivity index (χ1v) is 12.7. The van der Waals surface area contributed by atoms with E-state index in [1.807, 2.05) is 12.1 Å². The second-order valence-electron chi connectivity index (χ2n) is 8.40. The normalized spacial score (nSPS) is 11.6. The molecule has 0 atom stereocenters. The first kappa shape index (κ1) is 27.1. The van der Waals surface area contributed by atoms with Crippen LogP contribution in [0, 0.1) is 0 Å². The molecule has 3 heterocycles. The van der Waals surface area contributed by atoms with Crippen molar-refractivity contribution in [2.45, 2.75) is 30.4 Å². The topological polar surface area (TPSA) is 96.4 Å². The van der Waals surface area contributed by atoms with Crippen LogP contribution in [0.3, 0.4) is 0 Å². The van der Waals surface area contributed by atoms with E-state index in [4.69, 9.17) is 9.47 Å².